The Labute approximate surface area is 165 Å². The summed E-state index contributed by atoms with van der Waals surface area (Å²) in [7, 11) is 1.67. The van der Waals surface area contributed by atoms with Crippen molar-refractivity contribution in [1.29, 1.82) is 0 Å². The van der Waals surface area contributed by atoms with Gasteiger partial charge in [0.15, 0.2) is 0 Å². The quantitative estimate of drug-likeness (QED) is 0.847. The van der Waals surface area contributed by atoms with E-state index in [0.29, 0.717) is 5.02 Å². The van der Waals surface area contributed by atoms with E-state index >= 15 is 0 Å². The van der Waals surface area contributed by atoms with Gasteiger partial charge in [-0.15, -0.1) is 0 Å². The summed E-state index contributed by atoms with van der Waals surface area (Å²) in [5, 5.41) is 3.70. The van der Waals surface area contributed by atoms with Gasteiger partial charge in [0.2, 0.25) is 5.91 Å². The van der Waals surface area contributed by atoms with E-state index < -0.39 is 0 Å². The van der Waals surface area contributed by atoms with Gasteiger partial charge in [-0.25, -0.2) is 0 Å². The zero-order valence-electron chi connectivity index (χ0n) is 16.0. The third-order valence-corrected chi connectivity index (χ3v) is 5.28. The van der Waals surface area contributed by atoms with Crippen LogP contribution in [0.5, 0.6) is 5.75 Å². The van der Waals surface area contributed by atoms with E-state index in [-0.39, 0.29) is 11.9 Å². The van der Waals surface area contributed by atoms with Crippen molar-refractivity contribution in [2.75, 3.05) is 43.5 Å². The molecule has 1 heterocycles. The Morgan fingerprint density at radius 1 is 1.11 bits per heavy atom. The molecule has 2 aromatic carbocycles. The van der Waals surface area contributed by atoms with E-state index in [0.717, 1.165) is 43.3 Å². The number of benzene rings is 2. The van der Waals surface area contributed by atoms with E-state index in [1.807, 2.05) is 56.3 Å². The molecule has 0 unspecified atom stereocenters. The smallest absolute Gasteiger partial charge is 0.241 e. The number of hydrogen-bond donors (Lipinski definition) is 1. The predicted molar refractivity (Wildman–Crippen MR) is 111 cm³/mol. The lowest BCUT2D eigenvalue weighted by Gasteiger charge is -2.39. The van der Waals surface area contributed by atoms with Crippen molar-refractivity contribution in [3.63, 3.8) is 0 Å². The van der Waals surface area contributed by atoms with E-state index in [4.69, 9.17) is 16.3 Å². The molecule has 1 amide bonds. The number of aryl methyl sites for hydroxylation is 1. The molecule has 0 radical (unpaired) electrons. The molecule has 0 aliphatic carbocycles. The molecule has 0 saturated carbocycles. The van der Waals surface area contributed by atoms with Gasteiger partial charge in [-0.2, -0.15) is 0 Å². The highest BCUT2D eigenvalue weighted by molar-refractivity contribution is 6.30. The van der Waals surface area contributed by atoms with Gasteiger partial charge in [-0.05, 0) is 44.2 Å². The summed E-state index contributed by atoms with van der Waals surface area (Å²) in [5.74, 6) is 0.839. The number of hydrogen-bond acceptors (Lipinski definition) is 4. The molecule has 1 N–H and O–H groups in total. The van der Waals surface area contributed by atoms with Crippen LogP contribution >= 0.6 is 11.6 Å². The average Bonchev–Trinajstić information content (AvgIpc) is 2.69. The summed E-state index contributed by atoms with van der Waals surface area (Å²) < 4.78 is 5.46. The SMILES string of the molecule is COc1ccc(Cl)cc1N1CCN([C@@H](C)C(=O)Nc2ccc(C)cc2)CC1. The Balaban J connectivity index is 1.59. The van der Waals surface area contributed by atoms with Crippen LogP contribution in [0.1, 0.15) is 12.5 Å². The molecule has 144 valence electrons. The number of carbonyl (C=O) groups is 1. The lowest BCUT2D eigenvalue weighted by atomic mass is 10.1. The van der Waals surface area contributed by atoms with Crippen LogP contribution in [0.3, 0.4) is 0 Å². The number of ether oxygens (including phenoxy) is 1. The Morgan fingerprint density at radius 3 is 2.41 bits per heavy atom. The normalized spacial score (nSPS) is 16.1. The Kier molecular flexibility index (Phi) is 6.24. The maximum Gasteiger partial charge on any atom is 0.241 e. The van der Waals surface area contributed by atoms with Crippen molar-refractivity contribution in [3.05, 3.63) is 53.1 Å². The second kappa shape index (κ2) is 8.63. The highest BCUT2D eigenvalue weighted by atomic mass is 35.5. The van der Waals surface area contributed by atoms with Crippen molar-refractivity contribution in [2.45, 2.75) is 19.9 Å². The molecular weight excluding hydrogens is 362 g/mol. The number of carbonyl (C=O) groups excluding carboxylic acids is 1. The molecular formula is C21H26ClN3O2. The molecule has 1 aliphatic rings. The lowest BCUT2D eigenvalue weighted by molar-refractivity contribution is -0.120. The fraction of sp³-hybridized carbons (Fsp3) is 0.381. The number of nitrogens with one attached hydrogen (secondary N) is 1. The average molecular weight is 388 g/mol. The molecule has 2 aromatic rings. The first kappa shape index (κ1) is 19.5. The first-order chi connectivity index (χ1) is 13.0. The monoisotopic (exact) mass is 387 g/mol. The molecule has 1 saturated heterocycles. The molecule has 6 heteroatoms. The molecule has 27 heavy (non-hydrogen) atoms. The van der Waals surface area contributed by atoms with Gasteiger partial charge in [0, 0.05) is 36.9 Å². The molecule has 0 bridgehead atoms. The maximum absolute atomic E-state index is 12.6. The second-order valence-electron chi connectivity index (χ2n) is 6.87. The topological polar surface area (TPSA) is 44.8 Å². The maximum atomic E-state index is 12.6. The summed E-state index contributed by atoms with van der Waals surface area (Å²) in [6, 6.07) is 13.3. The lowest BCUT2D eigenvalue weighted by Crippen LogP contribution is -2.52. The van der Waals surface area contributed by atoms with E-state index in [1.54, 1.807) is 7.11 Å². The highest BCUT2D eigenvalue weighted by Crippen LogP contribution is 2.32. The van der Waals surface area contributed by atoms with Crippen molar-refractivity contribution < 1.29 is 9.53 Å². The zero-order valence-corrected chi connectivity index (χ0v) is 16.8. The van der Waals surface area contributed by atoms with E-state index in [9.17, 15) is 4.79 Å². The van der Waals surface area contributed by atoms with Gasteiger partial charge in [0.1, 0.15) is 5.75 Å². The first-order valence-corrected chi connectivity index (χ1v) is 9.56. The van der Waals surface area contributed by atoms with Gasteiger partial charge in [-0.3, -0.25) is 9.69 Å². The number of amides is 1. The number of anilines is 2. The standard InChI is InChI=1S/C21H26ClN3O2/c1-15-4-7-18(8-5-15)23-21(26)16(2)24-10-12-25(13-11-24)19-14-17(22)6-9-20(19)27-3/h4-9,14,16H,10-13H2,1-3H3,(H,23,26)/t16-/m0/s1. The summed E-state index contributed by atoms with van der Waals surface area (Å²) >= 11 is 6.15. The molecule has 1 aliphatic heterocycles. The van der Waals surface area contributed by atoms with Gasteiger partial charge in [0.05, 0.1) is 18.8 Å². The minimum atomic E-state index is -0.185. The van der Waals surface area contributed by atoms with Gasteiger partial charge >= 0.3 is 0 Å². The fourth-order valence-corrected chi connectivity index (χ4v) is 3.48. The van der Waals surface area contributed by atoms with Gasteiger partial charge in [-0.1, -0.05) is 29.3 Å². The molecule has 3 rings (SSSR count). The van der Waals surface area contributed by atoms with Gasteiger partial charge < -0.3 is 15.0 Å². The Bertz CT molecular complexity index is 787. The number of rotatable bonds is 5. The third-order valence-electron chi connectivity index (χ3n) is 5.04. The van der Waals surface area contributed by atoms with Crippen LogP contribution in [0.2, 0.25) is 5.02 Å². The highest BCUT2D eigenvalue weighted by Gasteiger charge is 2.26. The van der Waals surface area contributed by atoms with Crippen LogP contribution in [-0.2, 0) is 4.79 Å². The number of halogens is 1. The van der Waals surface area contributed by atoms with Crippen LogP contribution in [0.15, 0.2) is 42.5 Å². The van der Waals surface area contributed by atoms with Crippen LogP contribution in [0, 0.1) is 6.92 Å². The van der Waals surface area contributed by atoms with E-state index in [2.05, 4.69) is 15.1 Å². The minimum Gasteiger partial charge on any atom is -0.495 e. The number of piperazine rings is 1. The largest absolute Gasteiger partial charge is 0.495 e. The first-order valence-electron chi connectivity index (χ1n) is 9.18. The summed E-state index contributed by atoms with van der Waals surface area (Å²) in [6.07, 6.45) is 0. The van der Waals surface area contributed by atoms with Crippen molar-refractivity contribution in [1.82, 2.24) is 4.90 Å². The molecule has 0 aromatic heterocycles. The zero-order chi connectivity index (χ0) is 19.4. The van der Waals surface area contributed by atoms with Crippen molar-refractivity contribution in [3.8, 4) is 5.75 Å². The van der Waals surface area contributed by atoms with Gasteiger partial charge in [0.25, 0.3) is 0 Å². The van der Waals surface area contributed by atoms with Crippen LogP contribution in [0.25, 0.3) is 0 Å². The van der Waals surface area contributed by atoms with Crippen LogP contribution in [-0.4, -0.2) is 50.1 Å². The predicted octanol–water partition coefficient (Wildman–Crippen LogP) is 3.81. The van der Waals surface area contributed by atoms with Crippen LogP contribution < -0.4 is 15.0 Å². The molecule has 5 nitrogen and oxygen atoms in total. The second-order valence-corrected chi connectivity index (χ2v) is 7.31. The summed E-state index contributed by atoms with van der Waals surface area (Å²) in [5.41, 5.74) is 3.01. The minimum absolute atomic E-state index is 0.0210. The fourth-order valence-electron chi connectivity index (χ4n) is 3.31. The van der Waals surface area contributed by atoms with E-state index in [1.165, 1.54) is 5.56 Å². The molecule has 1 atom stereocenters. The molecule has 1 fully saturated rings. The van der Waals surface area contributed by atoms with Crippen LogP contribution in [0.4, 0.5) is 11.4 Å². The Hall–Kier alpha value is -2.24. The summed E-state index contributed by atoms with van der Waals surface area (Å²) in [6.45, 7) is 7.23. The summed E-state index contributed by atoms with van der Waals surface area (Å²) in [4.78, 5) is 17.1. The van der Waals surface area contributed by atoms with Crippen molar-refractivity contribution in [2.24, 2.45) is 0 Å². The number of methoxy groups -OCH3 is 1. The third kappa shape index (κ3) is 4.73. The van der Waals surface area contributed by atoms with Crippen molar-refractivity contribution >= 4 is 28.9 Å². The number of nitrogens with zero attached hydrogens (tertiary/aromatic N) is 2. The Morgan fingerprint density at radius 2 is 1.78 bits per heavy atom. The molecule has 0 spiro atoms.